The van der Waals surface area contributed by atoms with Crippen LogP contribution in [0.4, 0.5) is 5.82 Å². The second kappa shape index (κ2) is 8.55. The topological polar surface area (TPSA) is 93.4 Å². The highest BCUT2D eigenvalue weighted by Crippen LogP contribution is 2.32. The summed E-state index contributed by atoms with van der Waals surface area (Å²) in [5.41, 5.74) is 13.5. The highest BCUT2D eigenvalue weighted by atomic mass is 16.2. The third-order valence-corrected chi connectivity index (χ3v) is 7.28. The van der Waals surface area contributed by atoms with E-state index < -0.39 is 0 Å². The van der Waals surface area contributed by atoms with Gasteiger partial charge in [-0.25, -0.2) is 15.8 Å². The zero-order chi connectivity index (χ0) is 19.6. The molecule has 5 rings (SSSR count). The van der Waals surface area contributed by atoms with Crippen LogP contribution in [0.1, 0.15) is 44.9 Å². The Hall–Kier alpha value is -1.74. The number of rotatable bonds is 4. The van der Waals surface area contributed by atoms with Crippen molar-refractivity contribution in [2.75, 3.05) is 18.4 Å². The minimum absolute atomic E-state index is 0.0323. The Labute approximate surface area is 172 Å². The van der Waals surface area contributed by atoms with Crippen LogP contribution in [0.15, 0.2) is 24.4 Å². The molecule has 0 radical (unpaired) electrons. The molecule has 4 fully saturated rings. The predicted molar refractivity (Wildman–Crippen MR) is 111 cm³/mol. The monoisotopic (exact) mass is 399 g/mol. The van der Waals surface area contributed by atoms with Crippen molar-refractivity contribution in [3.05, 3.63) is 24.4 Å². The minimum atomic E-state index is -0.0323. The fourth-order valence-corrected chi connectivity index (χ4v) is 5.62. The number of piperidine rings is 1. The van der Waals surface area contributed by atoms with E-state index in [-0.39, 0.29) is 12.2 Å². The van der Waals surface area contributed by atoms with Crippen molar-refractivity contribution in [1.82, 2.24) is 31.6 Å². The van der Waals surface area contributed by atoms with E-state index in [0.29, 0.717) is 29.8 Å². The molecular weight excluding hydrogens is 366 g/mol. The molecule has 8 heteroatoms. The molecule has 4 aliphatic rings. The molecule has 1 aliphatic carbocycles. The maximum absolute atomic E-state index is 13.1. The van der Waals surface area contributed by atoms with Crippen LogP contribution in [0, 0.1) is 11.8 Å². The smallest absolute Gasteiger partial charge is 0.241 e. The summed E-state index contributed by atoms with van der Waals surface area (Å²) in [6.45, 7) is 1.74. The summed E-state index contributed by atoms with van der Waals surface area (Å²) in [7, 11) is 0. The molecule has 1 amide bonds. The normalized spacial score (nSPS) is 35.4. The van der Waals surface area contributed by atoms with Gasteiger partial charge in [-0.05, 0) is 50.2 Å². The van der Waals surface area contributed by atoms with Crippen LogP contribution in [0.5, 0.6) is 0 Å². The Kier molecular flexibility index (Phi) is 5.67. The molecule has 0 bridgehead atoms. The highest BCUT2D eigenvalue weighted by Gasteiger charge is 2.43. The summed E-state index contributed by atoms with van der Waals surface area (Å²) in [6.07, 6.45) is 10.0. The van der Waals surface area contributed by atoms with Gasteiger partial charge in [-0.3, -0.25) is 15.6 Å². The Morgan fingerprint density at radius 2 is 1.83 bits per heavy atom. The summed E-state index contributed by atoms with van der Waals surface area (Å²) in [5, 5.41) is 3.44. The third-order valence-electron chi connectivity index (χ3n) is 7.28. The second-order valence-electron chi connectivity index (χ2n) is 9.03. The van der Waals surface area contributed by atoms with Crippen molar-refractivity contribution in [2.24, 2.45) is 11.8 Å². The number of nitrogens with zero attached hydrogens (tertiary/aromatic N) is 2. The number of carbonyl (C=O) groups is 1. The van der Waals surface area contributed by atoms with Gasteiger partial charge in [-0.15, -0.1) is 0 Å². The minimum Gasteiger partial charge on any atom is -0.354 e. The van der Waals surface area contributed by atoms with Crippen LogP contribution >= 0.6 is 0 Å². The van der Waals surface area contributed by atoms with Gasteiger partial charge in [0.1, 0.15) is 11.9 Å². The summed E-state index contributed by atoms with van der Waals surface area (Å²) in [6, 6.07) is 6.79. The van der Waals surface area contributed by atoms with Gasteiger partial charge >= 0.3 is 0 Å². The van der Waals surface area contributed by atoms with Crippen LogP contribution in [0.25, 0.3) is 0 Å². The lowest BCUT2D eigenvalue weighted by atomic mass is 9.81. The first-order valence-electron chi connectivity index (χ1n) is 11.3. The molecule has 1 aromatic heterocycles. The zero-order valence-corrected chi connectivity index (χ0v) is 16.9. The number of amides is 1. The van der Waals surface area contributed by atoms with Crippen molar-refractivity contribution in [2.45, 2.75) is 69.2 Å². The van der Waals surface area contributed by atoms with Crippen molar-refractivity contribution in [3.63, 3.8) is 0 Å². The van der Waals surface area contributed by atoms with Gasteiger partial charge in [-0.1, -0.05) is 18.9 Å². The lowest BCUT2D eigenvalue weighted by molar-refractivity contribution is -0.135. The lowest BCUT2D eigenvalue weighted by Crippen LogP contribution is -2.51. The second-order valence-corrected chi connectivity index (χ2v) is 9.03. The van der Waals surface area contributed by atoms with Gasteiger partial charge < -0.3 is 10.2 Å². The van der Waals surface area contributed by atoms with E-state index in [1.807, 2.05) is 18.2 Å². The number of fused-ring (bicyclic) bond motifs is 1. The number of anilines is 1. The van der Waals surface area contributed by atoms with Gasteiger partial charge in [0, 0.05) is 37.3 Å². The molecule has 5 unspecified atom stereocenters. The molecule has 3 saturated heterocycles. The molecule has 158 valence electrons. The van der Waals surface area contributed by atoms with Gasteiger partial charge in [0.2, 0.25) is 5.91 Å². The largest absolute Gasteiger partial charge is 0.354 e. The van der Waals surface area contributed by atoms with Crippen LogP contribution in [0.2, 0.25) is 0 Å². The summed E-state index contributed by atoms with van der Waals surface area (Å²) >= 11 is 0. The molecule has 5 N–H and O–H groups in total. The van der Waals surface area contributed by atoms with E-state index in [1.165, 1.54) is 25.7 Å². The lowest BCUT2D eigenvalue weighted by Gasteiger charge is -2.37. The van der Waals surface area contributed by atoms with Crippen molar-refractivity contribution >= 4 is 11.7 Å². The van der Waals surface area contributed by atoms with Crippen LogP contribution in [0.3, 0.4) is 0 Å². The quantitative estimate of drug-likeness (QED) is 0.515. The Morgan fingerprint density at radius 1 is 1.00 bits per heavy atom. The van der Waals surface area contributed by atoms with E-state index in [0.717, 1.165) is 38.2 Å². The Morgan fingerprint density at radius 3 is 2.66 bits per heavy atom. The fraction of sp³-hybridized carbons (Fsp3) is 0.714. The molecule has 3 aliphatic heterocycles. The maximum Gasteiger partial charge on any atom is 0.241 e. The van der Waals surface area contributed by atoms with Crippen LogP contribution in [-0.2, 0) is 4.79 Å². The van der Waals surface area contributed by atoms with Crippen molar-refractivity contribution in [3.8, 4) is 0 Å². The molecular formula is C21H33N7O. The number of likely N-dealkylation sites (tertiary alicyclic amines) is 1. The molecule has 29 heavy (non-hydrogen) atoms. The van der Waals surface area contributed by atoms with E-state index in [1.54, 1.807) is 6.20 Å². The fourth-order valence-electron chi connectivity index (χ4n) is 5.62. The standard InChI is InChI=1S/C21H33N7O/c29-21(20-15-5-1-2-6-16(15)24-27-20)28-11-8-14(9-12-28)17-13-19(26-25-17)23-18-7-3-4-10-22-18/h3-4,7,10,14-17,19-20,24-27H,1-2,5-6,8-9,11-13H2,(H,22,23). The van der Waals surface area contributed by atoms with Crippen LogP contribution < -0.4 is 27.0 Å². The molecule has 5 atom stereocenters. The SMILES string of the molecule is O=C(C1NNC2CCCCC21)N1CCC(C2CC(Nc3ccccn3)NN2)CC1. The summed E-state index contributed by atoms with van der Waals surface area (Å²) < 4.78 is 0. The predicted octanol–water partition coefficient (Wildman–Crippen LogP) is 0.960. The van der Waals surface area contributed by atoms with Crippen molar-refractivity contribution < 1.29 is 4.79 Å². The number of nitrogens with one attached hydrogen (secondary N) is 5. The number of aromatic nitrogens is 1. The number of hydrogen-bond donors (Lipinski definition) is 5. The van der Waals surface area contributed by atoms with Gasteiger partial charge in [0.15, 0.2) is 0 Å². The zero-order valence-electron chi connectivity index (χ0n) is 16.9. The van der Waals surface area contributed by atoms with Gasteiger partial charge in [-0.2, -0.15) is 0 Å². The number of hydrogen-bond acceptors (Lipinski definition) is 7. The van der Waals surface area contributed by atoms with Gasteiger partial charge in [0.05, 0.1) is 6.17 Å². The summed E-state index contributed by atoms with van der Waals surface area (Å²) in [4.78, 5) is 19.6. The first-order valence-corrected chi connectivity index (χ1v) is 11.3. The first-order chi connectivity index (χ1) is 14.3. The Balaban J connectivity index is 1.10. The van der Waals surface area contributed by atoms with Crippen molar-refractivity contribution in [1.29, 1.82) is 0 Å². The third kappa shape index (κ3) is 4.12. The average Bonchev–Trinajstić information content (AvgIpc) is 3.41. The van der Waals surface area contributed by atoms with E-state index in [9.17, 15) is 4.79 Å². The number of hydrazine groups is 2. The summed E-state index contributed by atoms with van der Waals surface area (Å²) in [5.74, 6) is 2.26. The molecule has 8 nitrogen and oxygen atoms in total. The molecule has 4 heterocycles. The molecule has 0 aromatic carbocycles. The highest BCUT2D eigenvalue weighted by molar-refractivity contribution is 5.82. The molecule has 1 saturated carbocycles. The number of carbonyl (C=O) groups excluding carboxylic acids is 1. The van der Waals surface area contributed by atoms with E-state index in [2.05, 4.69) is 36.9 Å². The molecule has 0 spiro atoms. The molecule has 1 aromatic rings. The van der Waals surface area contributed by atoms with Crippen LogP contribution in [-0.4, -0.2) is 53.2 Å². The van der Waals surface area contributed by atoms with Gasteiger partial charge in [0.25, 0.3) is 0 Å². The average molecular weight is 400 g/mol. The Bertz CT molecular complexity index is 694. The van der Waals surface area contributed by atoms with E-state index >= 15 is 0 Å². The number of pyridine rings is 1. The van der Waals surface area contributed by atoms with E-state index in [4.69, 9.17) is 0 Å². The first kappa shape index (κ1) is 19.2. The maximum atomic E-state index is 13.1.